The largest absolute Gasteiger partial charge is 0.501 e. The number of piperazine rings is 1. The Kier molecular flexibility index (Phi) is 16.1. The van der Waals surface area contributed by atoms with E-state index >= 15 is 0 Å². The lowest BCUT2D eigenvalue weighted by Gasteiger charge is -2.37. The van der Waals surface area contributed by atoms with Gasteiger partial charge in [-0.05, 0) is 129 Å². The van der Waals surface area contributed by atoms with Crippen molar-refractivity contribution in [1.29, 1.82) is 0 Å². The van der Waals surface area contributed by atoms with E-state index in [0.717, 1.165) is 63.8 Å². The van der Waals surface area contributed by atoms with Crippen molar-refractivity contribution in [2.24, 2.45) is 0 Å². The van der Waals surface area contributed by atoms with Crippen molar-refractivity contribution in [1.82, 2.24) is 9.47 Å². The Labute approximate surface area is 440 Å². The number of sulfonamides is 1. The van der Waals surface area contributed by atoms with Gasteiger partial charge >= 0.3 is 5.51 Å². The highest BCUT2D eigenvalue weighted by Crippen LogP contribution is 2.45. The number of hydrogen-bond acceptors (Lipinski definition) is 12. The molecule has 0 bridgehead atoms. The molecule has 0 spiro atoms. The molecular weight excluding hydrogens is 1050 g/mol. The van der Waals surface area contributed by atoms with Gasteiger partial charge in [0.25, 0.3) is 19.9 Å². The molecule has 6 aromatic rings. The van der Waals surface area contributed by atoms with Gasteiger partial charge in [0.05, 0.1) is 27.3 Å². The van der Waals surface area contributed by atoms with Crippen molar-refractivity contribution in [2.75, 3.05) is 77.7 Å². The van der Waals surface area contributed by atoms with Crippen LogP contribution < -0.4 is 19.8 Å². The molecule has 74 heavy (non-hydrogen) atoms. The molecule has 3 aliphatic heterocycles. The number of piperidine rings is 1. The summed E-state index contributed by atoms with van der Waals surface area (Å²) in [5.74, 6) is 0.367. The lowest BCUT2D eigenvalue weighted by atomic mass is 10.00. The number of aromatic nitrogens is 1. The van der Waals surface area contributed by atoms with Crippen LogP contribution in [-0.4, -0.2) is 115 Å². The SMILES string of the molecule is CS(=O)(=O)c1c(-c2cccc(N3CCN(c4ccc(NS(=O)(=O)c5ccc(N[C@H](CCN6CCC(O)CC6)CSc6ccccc6)c(S(=O)(=O)C(F)(F)F)c5)cc4)CC3)c2)c(-c2ccc(Cl)cc2)n2c1CCCC2. The summed E-state index contributed by atoms with van der Waals surface area (Å²) in [6.07, 6.45) is 5.01. The van der Waals surface area contributed by atoms with Crippen molar-refractivity contribution in [3.8, 4) is 22.4 Å². The summed E-state index contributed by atoms with van der Waals surface area (Å²) in [5, 5.41) is 13.6. The molecule has 3 N–H and O–H groups in total. The minimum absolute atomic E-state index is 0.119. The summed E-state index contributed by atoms with van der Waals surface area (Å²) in [6.45, 7) is 4.99. The summed E-state index contributed by atoms with van der Waals surface area (Å²) < 4.78 is 129. The highest BCUT2D eigenvalue weighted by atomic mass is 35.5. The maximum Gasteiger partial charge on any atom is 0.501 e. The molecule has 1 atom stereocenters. The molecule has 5 aromatic carbocycles. The van der Waals surface area contributed by atoms with Crippen molar-refractivity contribution in [3.63, 3.8) is 0 Å². The molecular formula is C53H58ClF3N6O7S4. The minimum atomic E-state index is -6.03. The number of hydrogen-bond donors (Lipinski definition) is 3. The number of sulfone groups is 2. The second kappa shape index (κ2) is 22.2. The second-order valence-corrected chi connectivity index (χ2v) is 26.1. The maximum atomic E-state index is 14.3. The molecule has 1 aromatic heterocycles. The minimum Gasteiger partial charge on any atom is -0.393 e. The maximum absolute atomic E-state index is 14.3. The monoisotopic (exact) mass is 1110 g/mol. The van der Waals surface area contributed by atoms with Crippen LogP contribution in [0.2, 0.25) is 5.02 Å². The average Bonchev–Trinajstić information content (AvgIpc) is 3.74. The smallest absolute Gasteiger partial charge is 0.393 e. The van der Waals surface area contributed by atoms with E-state index in [1.807, 2.05) is 78.9 Å². The number of alkyl halides is 3. The topological polar surface area (TPSA) is 161 Å². The third-order valence-electron chi connectivity index (χ3n) is 13.9. The van der Waals surface area contributed by atoms with Crippen LogP contribution in [0.1, 0.15) is 37.8 Å². The zero-order valence-corrected chi connectivity index (χ0v) is 44.7. The van der Waals surface area contributed by atoms with Gasteiger partial charge in [-0.2, -0.15) is 13.2 Å². The Morgan fingerprint density at radius 1 is 0.743 bits per heavy atom. The van der Waals surface area contributed by atoms with Gasteiger partial charge in [-0.15, -0.1) is 11.8 Å². The first-order valence-corrected chi connectivity index (χ1v) is 30.7. The Hall–Kier alpha value is -5.22. The average molecular weight is 1110 g/mol. The van der Waals surface area contributed by atoms with E-state index in [1.54, 1.807) is 24.3 Å². The third-order valence-corrected chi connectivity index (χ3v) is 19.4. The van der Waals surface area contributed by atoms with E-state index in [1.165, 1.54) is 18.0 Å². The first-order valence-electron chi connectivity index (χ1n) is 24.5. The number of benzene rings is 5. The fraction of sp³-hybridized carbons (Fsp3) is 0.358. The van der Waals surface area contributed by atoms with Crippen molar-refractivity contribution >= 4 is 75.8 Å². The molecule has 0 aliphatic carbocycles. The molecule has 0 saturated carbocycles. The van der Waals surface area contributed by atoms with Crippen LogP contribution in [-0.2, 0) is 42.7 Å². The van der Waals surface area contributed by atoms with Crippen molar-refractivity contribution in [3.05, 3.63) is 132 Å². The Balaban J connectivity index is 0.897. The number of thioether (sulfide) groups is 1. The van der Waals surface area contributed by atoms with Crippen molar-refractivity contribution in [2.45, 2.75) is 82.3 Å². The van der Waals surface area contributed by atoms with Crippen LogP contribution in [0.4, 0.5) is 35.9 Å². The molecule has 2 fully saturated rings. The predicted molar refractivity (Wildman–Crippen MR) is 289 cm³/mol. The van der Waals surface area contributed by atoms with Gasteiger partial charge in [0, 0.05) is 109 Å². The summed E-state index contributed by atoms with van der Waals surface area (Å²) in [7, 11) is -14.3. The number of anilines is 4. The van der Waals surface area contributed by atoms with E-state index in [2.05, 4.69) is 29.3 Å². The van der Waals surface area contributed by atoms with Gasteiger partial charge in [-0.25, -0.2) is 25.3 Å². The number of fused-ring (bicyclic) bond motifs is 1. The van der Waals surface area contributed by atoms with Gasteiger partial charge in [-0.1, -0.05) is 54.1 Å². The van der Waals surface area contributed by atoms with Crippen LogP contribution in [0.5, 0.6) is 0 Å². The molecule has 13 nitrogen and oxygen atoms in total. The van der Waals surface area contributed by atoms with E-state index in [-0.39, 0.29) is 17.5 Å². The van der Waals surface area contributed by atoms with Crippen LogP contribution in [0, 0.1) is 0 Å². The molecule has 21 heteroatoms. The lowest BCUT2D eigenvalue weighted by Crippen LogP contribution is -2.46. The zero-order valence-electron chi connectivity index (χ0n) is 40.6. The highest BCUT2D eigenvalue weighted by molar-refractivity contribution is 7.99. The molecule has 0 unspecified atom stereocenters. The first-order chi connectivity index (χ1) is 35.2. The number of likely N-dealkylation sites (tertiary alicyclic amines) is 1. The summed E-state index contributed by atoms with van der Waals surface area (Å²) in [5.41, 5.74) is -0.183. The first kappa shape index (κ1) is 53.6. The number of nitrogens with zero attached hydrogens (tertiary/aromatic N) is 4. The van der Waals surface area contributed by atoms with Crippen LogP contribution in [0.25, 0.3) is 22.4 Å². The lowest BCUT2D eigenvalue weighted by molar-refractivity contribution is -0.0435. The molecule has 3 aliphatic rings. The number of nitrogens with one attached hydrogen (secondary N) is 2. The van der Waals surface area contributed by atoms with Crippen LogP contribution in [0.15, 0.2) is 141 Å². The summed E-state index contributed by atoms with van der Waals surface area (Å²) in [4.78, 5) is 5.93. The van der Waals surface area contributed by atoms with Gasteiger partial charge in [-0.3, -0.25) is 4.72 Å². The zero-order chi connectivity index (χ0) is 52.4. The Morgan fingerprint density at radius 3 is 2.08 bits per heavy atom. The Morgan fingerprint density at radius 2 is 1.42 bits per heavy atom. The number of rotatable bonds is 17. The fourth-order valence-corrected chi connectivity index (χ4v) is 14.5. The predicted octanol–water partition coefficient (Wildman–Crippen LogP) is 10.1. The standard InChI is InChI=1S/C53H58ClF3N6O7S4/c1-72(65,66)52-48-12-5-6-26-63(48)51(37-13-15-39(54)16-14-37)50(52)38-8-7-9-43(34-38)62-32-30-61(31-33-62)42-19-17-40(18-20-42)59-74(69,70)46-21-22-47(49(35-46)73(67,68)53(55,56)57)58-41(36-71-45-10-3-2-4-11-45)23-27-60-28-24-44(64)25-29-60/h2-4,7-11,13-22,34-35,41,44,58-59,64H,5-6,12,23-33,36H2,1H3/t41-/m1/s1. The highest BCUT2D eigenvalue weighted by Gasteiger charge is 2.48. The van der Waals surface area contributed by atoms with E-state index in [4.69, 9.17) is 11.6 Å². The fourth-order valence-electron chi connectivity index (χ4n) is 10.1. The number of aliphatic hydroxyl groups is 1. The molecule has 394 valence electrons. The summed E-state index contributed by atoms with van der Waals surface area (Å²) >= 11 is 7.73. The molecule has 2 saturated heterocycles. The van der Waals surface area contributed by atoms with Gasteiger partial charge in [0.2, 0.25) is 0 Å². The number of halogens is 4. The quantitative estimate of drug-likeness (QED) is 0.0743. The van der Waals surface area contributed by atoms with E-state index in [9.17, 15) is 43.5 Å². The molecule has 0 amide bonds. The van der Waals surface area contributed by atoms with Crippen LogP contribution in [0.3, 0.4) is 0 Å². The van der Waals surface area contributed by atoms with Crippen LogP contribution >= 0.6 is 23.4 Å². The second-order valence-electron chi connectivity index (χ2n) is 19.0. The van der Waals surface area contributed by atoms with Gasteiger partial charge < -0.3 is 29.7 Å². The normalized spacial score (nSPS) is 16.7. The van der Waals surface area contributed by atoms with E-state index < -0.39 is 51.0 Å². The van der Waals surface area contributed by atoms with Crippen molar-refractivity contribution < 1.29 is 43.5 Å². The summed E-state index contributed by atoms with van der Waals surface area (Å²) in [6, 6.07) is 33.6. The molecule has 4 heterocycles. The molecule has 9 rings (SSSR count). The number of aliphatic hydroxyl groups excluding tert-OH is 1. The Bertz CT molecular complexity index is 3300. The van der Waals surface area contributed by atoms with Gasteiger partial charge in [0.15, 0.2) is 9.84 Å². The van der Waals surface area contributed by atoms with E-state index in [0.29, 0.717) is 105 Å². The molecule has 0 radical (unpaired) electrons. The third kappa shape index (κ3) is 12.1. The van der Waals surface area contributed by atoms with Gasteiger partial charge in [0.1, 0.15) is 4.90 Å².